The van der Waals surface area contributed by atoms with E-state index in [4.69, 9.17) is 5.73 Å². The first-order chi connectivity index (χ1) is 8.16. The van der Waals surface area contributed by atoms with Crippen molar-refractivity contribution in [3.05, 3.63) is 58.3 Å². The van der Waals surface area contributed by atoms with Gasteiger partial charge in [-0.05, 0) is 36.2 Å². The normalized spacial score (nSPS) is 12.4. The van der Waals surface area contributed by atoms with Crippen LogP contribution in [0.4, 0.5) is 4.39 Å². The van der Waals surface area contributed by atoms with Crippen LogP contribution in [0, 0.1) is 5.82 Å². The van der Waals surface area contributed by atoms with Crippen molar-refractivity contribution >= 4 is 15.9 Å². The van der Waals surface area contributed by atoms with Crippen LogP contribution in [-0.2, 0) is 6.42 Å². The summed E-state index contributed by atoms with van der Waals surface area (Å²) in [6, 6.07) is 6.06. The fraction of sp³-hybridized carbons (Fsp3) is 0.167. The molecule has 1 unspecified atom stereocenters. The minimum Gasteiger partial charge on any atom is -0.322 e. The van der Waals surface area contributed by atoms with Crippen LogP contribution in [-0.4, -0.2) is 9.97 Å². The molecule has 0 aliphatic heterocycles. The molecule has 1 heterocycles. The Morgan fingerprint density at radius 1 is 1.35 bits per heavy atom. The first-order valence-electron chi connectivity index (χ1n) is 5.12. The van der Waals surface area contributed by atoms with Crippen molar-refractivity contribution in [2.45, 2.75) is 12.5 Å². The standard InChI is InChI=1S/C12H11BrFN3/c13-10-2-1-9(14)5-8(10)6-11(15)12-3-4-16-7-17-12/h1-5,7,11H,6,15H2. The lowest BCUT2D eigenvalue weighted by molar-refractivity contribution is 0.620. The van der Waals surface area contributed by atoms with E-state index < -0.39 is 0 Å². The maximum absolute atomic E-state index is 13.1. The molecule has 0 aliphatic rings. The van der Waals surface area contributed by atoms with Crippen LogP contribution in [0.5, 0.6) is 0 Å². The average molecular weight is 296 g/mol. The Labute approximate surface area is 107 Å². The highest BCUT2D eigenvalue weighted by molar-refractivity contribution is 9.10. The summed E-state index contributed by atoms with van der Waals surface area (Å²) >= 11 is 3.38. The Kier molecular flexibility index (Phi) is 3.81. The molecule has 0 amide bonds. The number of benzene rings is 1. The monoisotopic (exact) mass is 295 g/mol. The predicted octanol–water partition coefficient (Wildman–Crippen LogP) is 2.62. The third kappa shape index (κ3) is 3.08. The summed E-state index contributed by atoms with van der Waals surface area (Å²) in [7, 11) is 0. The number of aromatic nitrogens is 2. The smallest absolute Gasteiger partial charge is 0.123 e. The lowest BCUT2D eigenvalue weighted by Gasteiger charge is -2.12. The summed E-state index contributed by atoms with van der Waals surface area (Å²) in [6.07, 6.45) is 3.62. The number of nitrogens with two attached hydrogens (primary N) is 1. The second-order valence-electron chi connectivity index (χ2n) is 3.68. The Bertz CT molecular complexity index is 504. The molecule has 0 bridgehead atoms. The van der Waals surface area contributed by atoms with E-state index in [-0.39, 0.29) is 11.9 Å². The van der Waals surface area contributed by atoms with Gasteiger partial charge in [-0.15, -0.1) is 0 Å². The molecule has 0 fully saturated rings. The summed E-state index contributed by atoms with van der Waals surface area (Å²) in [5, 5.41) is 0. The lowest BCUT2D eigenvalue weighted by atomic mass is 10.0. The van der Waals surface area contributed by atoms with Gasteiger partial charge in [-0.25, -0.2) is 14.4 Å². The zero-order valence-electron chi connectivity index (χ0n) is 8.98. The summed E-state index contributed by atoms with van der Waals surface area (Å²) in [5.74, 6) is -0.266. The Morgan fingerprint density at radius 2 is 2.18 bits per heavy atom. The van der Waals surface area contributed by atoms with E-state index in [0.29, 0.717) is 6.42 Å². The SMILES string of the molecule is NC(Cc1cc(F)ccc1Br)c1ccncn1. The van der Waals surface area contributed by atoms with Gasteiger partial charge in [-0.1, -0.05) is 15.9 Å². The molecule has 5 heteroatoms. The zero-order valence-corrected chi connectivity index (χ0v) is 10.6. The van der Waals surface area contributed by atoms with Crippen molar-refractivity contribution < 1.29 is 4.39 Å². The molecular weight excluding hydrogens is 285 g/mol. The van der Waals surface area contributed by atoms with Crippen LogP contribution in [0.15, 0.2) is 41.3 Å². The van der Waals surface area contributed by atoms with E-state index in [1.807, 2.05) is 0 Å². The summed E-state index contributed by atoms with van der Waals surface area (Å²) in [5.41, 5.74) is 7.59. The fourth-order valence-electron chi connectivity index (χ4n) is 1.56. The highest BCUT2D eigenvalue weighted by Gasteiger charge is 2.11. The molecule has 2 aromatic rings. The maximum Gasteiger partial charge on any atom is 0.123 e. The fourth-order valence-corrected chi connectivity index (χ4v) is 1.97. The van der Waals surface area contributed by atoms with Gasteiger partial charge >= 0.3 is 0 Å². The second kappa shape index (κ2) is 5.33. The third-order valence-corrected chi connectivity index (χ3v) is 3.21. The van der Waals surface area contributed by atoms with Crippen molar-refractivity contribution in [1.29, 1.82) is 0 Å². The number of rotatable bonds is 3. The predicted molar refractivity (Wildman–Crippen MR) is 66.8 cm³/mol. The quantitative estimate of drug-likeness (QED) is 0.947. The minimum absolute atomic E-state index is 0.266. The van der Waals surface area contributed by atoms with Gasteiger partial charge < -0.3 is 5.73 Å². The summed E-state index contributed by atoms with van der Waals surface area (Å²) < 4.78 is 14.0. The van der Waals surface area contributed by atoms with Gasteiger partial charge in [0.25, 0.3) is 0 Å². The number of hydrogen-bond acceptors (Lipinski definition) is 3. The molecule has 0 aliphatic carbocycles. The van der Waals surface area contributed by atoms with Gasteiger partial charge in [0.1, 0.15) is 12.1 Å². The number of nitrogens with zero attached hydrogens (tertiary/aromatic N) is 2. The van der Waals surface area contributed by atoms with Crippen LogP contribution in [0.25, 0.3) is 0 Å². The molecule has 17 heavy (non-hydrogen) atoms. The first-order valence-corrected chi connectivity index (χ1v) is 5.91. The second-order valence-corrected chi connectivity index (χ2v) is 4.53. The molecule has 0 radical (unpaired) electrons. The molecule has 2 rings (SSSR count). The molecule has 0 spiro atoms. The highest BCUT2D eigenvalue weighted by atomic mass is 79.9. The molecule has 1 aromatic heterocycles. The summed E-state index contributed by atoms with van der Waals surface area (Å²) in [4.78, 5) is 7.91. The van der Waals surface area contributed by atoms with Gasteiger partial charge in [-0.2, -0.15) is 0 Å². The Morgan fingerprint density at radius 3 is 2.88 bits per heavy atom. The van der Waals surface area contributed by atoms with Crippen molar-refractivity contribution in [2.24, 2.45) is 5.73 Å². The molecule has 2 N–H and O–H groups in total. The third-order valence-electron chi connectivity index (χ3n) is 2.43. The van der Waals surface area contributed by atoms with Crippen molar-refractivity contribution in [3.63, 3.8) is 0 Å². The van der Waals surface area contributed by atoms with E-state index in [1.54, 1.807) is 18.3 Å². The van der Waals surface area contributed by atoms with E-state index in [0.717, 1.165) is 15.7 Å². The molecule has 88 valence electrons. The molecule has 3 nitrogen and oxygen atoms in total. The van der Waals surface area contributed by atoms with Crippen LogP contribution in [0.1, 0.15) is 17.3 Å². The van der Waals surface area contributed by atoms with Gasteiger partial charge in [0.15, 0.2) is 0 Å². The minimum atomic E-state index is -0.268. The zero-order chi connectivity index (χ0) is 12.3. The largest absolute Gasteiger partial charge is 0.322 e. The molecule has 1 aromatic carbocycles. The average Bonchev–Trinajstić information content (AvgIpc) is 2.35. The Hall–Kier alpha value is -1.33. The van der Waals surface area contributed by atoms with Gasteiger partial charge in [0.05, 0.1) is 11.7 Å². The number of hydrogen-bond donors (Lipinski definition) is 1. The van der Waals surface area contributed by atoms with Crippen molar-refractivity contribution in [2.75, 3.05) is 0 Å². The van der Waals surface area contributed by atoms with Crippen LogP contribution in [0.3, 0.4) is 0 Å². The highest BCUT2D eigenvalue weighted by Crippen LogP contribution is 2.22. The van der Waals surface area contributed by atoms with Crippen LogP contribution >= 0.6 is 15.9 Å². The summed E-state index contributed by atoms with van der Waals surface area (Å²) in [6.45, 7) is 0. The van der Waals surface area contributed by atoms with Crippen molar-refractivity contribution in [3.8, 4) is 0 Å². The molecule has 0 saturated heterocycles. The van der Waals surface area contributed by atoms with Gasteiger partial charge in [0.2, 0.25) is 0 Å². The van der Waals surface area contributed by atoms with Crippen molar-refractivity contribution in [1.82, 2.24) is 9.97 Å². The molecule has 1 atom stereocenters. The Balaban J connectivity index is 2.18. The van der Waals surface area contributed by atoms with E-state index in [9.17, 15) is 4.39 Å². The molecule has 0 saturated carbocycles. The molecular formula is C12H11BrFN3. The topological polar surface area (TPSA) is 51.8 Å². The van der Waals surface area contributed by atoms with E-state index in [2.05, 4.69) is 25.9 Å². The van der Waals surface area contributed by atoms with E-state index in [1.165, 1.54) is 18.5 Å². The van der Waals surface area contributed by atoms with Gasteiger partial charge in [0, 0.05) is 10.7 Å². The lowest BCUT2D eigenvalue weighted by Crippen LogP contribution is -2.15. The van der Waals surface area contributed by atoms with E-state index >= 15 is 0 Å². The van der Waals surface area contributed by atoms with Gasteiger partial charge in [-0.3, -0.25) is 0 Å². The number of halogens is 2. The van der Waals surface area contributed by atoms with Crippen LogP contribution < -0.4 is 5.73 Å². The maximum atomic E-state index is 13.1. The van der Waals surface area contributed by atoms with Crippen LogP contribution in [0.2, 0.25) is 0 Å². The first kappa shape index (κ1) is 12.1.